The Kier molecular flexibility index (Phi) is 37.0. The number of ether oxygens (including phenoxy) is 21. The molecule has 9 heterocycles. The molecule has 0 radical (unpaired) electrons. The van der Waals surface area contributed by atoms with Crippen molar-refractivity contribution in [3.05, 3.63) is 71.6 Å². The number of hydrogen-bond acceptors (Lipinski definition) is 39. The van der Waals surface area contributed by atoms with Crippen molar-refractivity contribution in [3.63, 3.8) is 0 Å². The Morgan fingerprint density at radius 2 is 0.811 bits per heavy atom. The number of aliphatic hydroxyl groups is 6. The number of fused-ring (bicyclic) bond motifs is 6. The van der Waals surface area contributed by atoms with E-state index in [0.29, 0.717) is 155 Å². The van der Waals surface area contributed by atoms with E-state index < -0.39 is 96.1 Å². The van der Waals surface area contributed by atoms with Gasteiger partial charge >= 0.3 is 0 Å². The van der Waals surface area contributed by atoms with Gasteiger partial charge in [0.25, 0.3) is 5.79 Å². The summed E-state index contributed by atoms with van der Waals surface area (Å²) in [5, 5.41) is 91.1. The molecular formula is C68H111N13O30. The van der Waals surface area contributed by atoms with E-state index >= 15 is 0 Å². The Hall–Kier alpha value is -5.17. The van der Waals surface area contributed by atoms with Gasteiger partial charge in [0.1, 0.15) is 77.1 Å². The highest BCUT2D eigenvalue weighted by Crippen LogP contribution is 2.39. The lowest BCUT2D eigenvalue weighted by Crippen LogP contribution is -2.65. The largest absolute Gasteiger partial charge is 0.388 e. The molecule has 1 amide bonds. The fraction of sp³-hybridized carbons (Fsp3) is 0.809. The third-order valence-electron chi connectivity index (χ3n) is 18.5. The zero-order valence-corrected chi connectivity index (χ0v) is 62.4. The summed E-state index contributed by atoms with van der Waals surface area (Å²) in [6, 6.07) is 7.09. The van der Waals surface area contributed by atoms with Gasteiger partial charge in [0.2, 0.25) is 12.2 Å². The maximum atomic E-state index is 14.1. The summed E-state index contributed by atoms with van der Waals surface area (Å²) in [4.78, 5) is 24.2. The average Bonchev–Trinajstić information content (AvgIpc) is 1.64. The molecule has 13 N–H and O–H groups in total. The normalized spacial score (nSPS) is 28.0. The Labute approximate surface area is 640 Å². The molecular weight excluding hydrogens is 1480 g/mol. The highest BCUT2D eigenvalue weighted by atomic mass is 17.3. The van der Waals surface area contributed by atoms with Crippen molar-refractivity contribution in [1.82, 2.24) is 50.3 Å². The molecule has 111 heavy (non-hydrogen) atoms. The van der Waals surface area contributed by atoms with E-state index in [9.17, 15) is 35.4 Å². The van der Waals surface area contributed by atoms with Crippen LogP contribution < -0.4 is 22.5 Å². The Morgan fingerprint density at radius 3 is 1.23 bits per heavy atom. The fourth-order valence-electron chi connectivity index (χ4n) is 12.3. The van der Waals surface area contributed by atoms with Gasteiger partial charge in [-0.1, -0.05) is 46.0 Å². The molecule has 6 aliphatic rings. The van der Waals surface area contributed by atoms with Crippen LogP contribution in [0.1, 0.15) is 35.5 Å². The topological polar surface area (TPSA) is 533 Å². The van der Waals surface area contributed by atoms with Crippen molar-refractivity contribution >= 4 is 5.91 Å². The van der Waals surface area contributed by atoms with Gasteiger partial charge in [-0.2, -0.15) is 9.78 Å². The van der Waals surface area contributed by atoms with Crippen LogP contribution in [0.3, 0.4) is 0 Å². The van der Waals surface area contributed by atoms with Crippen LogP contribution in [0.4, 0.5) is 0 Å². The van der Waals surface area contributed by atoms with Gasteiger partial charge in [-0.15, -0.1) is 15.3 Å². The van der Waals surface area contributed by atoms with E-state index in [2.05, 4.69) is 36.3 Å². The van der Waals surface area contributed by atoms with Gasteiger partial charge in [0, 0.05) is 13.0 Å². The Balaban J connectivity index is 0.637. The van der Waals surface area contributed by atoms with Crippen LogP contribution in [0, 0.1) is 0 Å². The lowest BCUT2D eigenvalue weighted by molar-refractivity contribution is -0.358. The number of nitrogens with two attached hydrogens (primary N) is 3. The molecule has 628 valence electrons. The molecule has 6 bridgehead atoms. The number of aliphatic hydroxyl groups excluding tert-OH is 6. The summed E-state index contributed by atoms with van der Waals surface area (Å²) in [5.74, 6) is -1.97. The van der Waals surface area contributed by atoms with Crippen molar-refractivity contribution < 1.29 is 145 Å². The van der Waals surface area contributed by atoms with Crippen molar-refractivity contribution in [3.8, 4) is 0 Å². The number of carbonyl (C=O) groups is 1. The molecule has 6 saturated heterocycles. The van der Waals surface area contributed by atoms with Crippen molar-refractivity contribution in [1.29, 1.82) is 0 Å². The number of carbonyl (C=O) groups excluding carboxylic acids is 1. The minimum atomic E-state index is -1.68. The first-order valence-electron chi connectivity index (χ1n) is 37.3. The maximum absolute atomic E-state index is 14.1. The molecule has 6 aliphatic heterocycles. The third kappa shape index (κ3) is 27.2. The molecule has 0 aliphatic carbocycles. The van der Waals surface area contributed by atoms with Gasteiger partial charge in [-0.25, -0.2) is 14.0 Å². The summed E-state index contributed by atoms with van der Waals surface area (Å²) < 4.78 is 126. The summed E-state index contributed by atoms with van der Waals surface area (Å²) in [5.41, 5.74) is 16.4. The fourth-order valence-corrected chi connectivity index (χ4v) is 12.3. The lowest BCUT2D eigenvalue weighted by atomic mass is 9.89. The quantitative estimate of drug-likeness (QED) is 0.0145. The molecule has 0 saturated carbocycles. The van der Waals surface area contributed by atoms with Gasteiger partial charge in [-0.3, -0.25) is 4.79 Å². The summed E-state index contributed by atoms with van der Waals surface area (Å²) >= 11 is 0. The van der Waals surface area contributed by atoms with Gasteiger partial charge in [-0.05, 0) is 12.0 Å². The Morgan fingerprint density at radius 1 is 0.441 bits per heavy atom. The number of hydrogen-bond donors (Lipinski definition) is 10. The molecule has 3 aromatic heterocycles. The number of nitrogens with zero attached hydrogens (tertiary/aromatic N) is 9. The standard InChI is InChI=1S/C68H111N13O30/c69-53-56(83)59(86)66(45-105-62(53)107-66)43-99-30-27-95-24-21-92-18-15-89-12-8-79-33-49(73-76-79)37-102-40-65(72-52(82)7-4-11-98-36-48-5-2-1-3-6-48,41-103-38-50-34-80(77-74-50)9-13-90-16-19-93-22-25-96-28-31-100-44-67-46-106-63(108-67)54(70)57(84)60(67)87)42-104-39-51-35-81(78-75-51)10-14-91-17-20-94-23-26-97-29-32-101-47-68-61(88)58(85)55(71)64(109-68)110-111-68/h1-3,5-6,33-35,53-64,83-88H,4,7-32,36-47,69-71H2,(H,72,82)/t53-,54-,55-,56-,57-,58-,59-,60-,61-,62+,63+,64-,66+,67+,68+/m1/s1. The number of nitrogens with one attached hydrogen (secondary N) is 1. The number of rotatable bonds is 61. The monoisotopic (exact) mass is 1590 g/mol. The second-order valence-corrected chi connectivity index (χ2v) is 27.3. The predicted octanol–water partition coefficient (Wildman–Crippen LogP) is -6.13. The van der Waals surface area contributed by atoms with Crippen molar-refractivity contribution in [2.45, 2.75) is 155 Å². The lowest BCUT2D eigenvalue weighted by Gasteiger charge is -2.41. The molecule has 15 atom stereocenters. The number of aromatic nitrogens is 9. The van der Waals surface area contributed by atoms with Crippen molar-refractivity contribution in [2.24, 2.45) is 17.2 Å². The summed E-state index contributed by atoms with van der Waals surface area (Å²) in [6.07, 6.45) is -4.50. The summed E-state index contributed by atoms with van der Waals surface area (Å²) in [6.45, 7) is 7.73. The Bertz CT molecular complexity index is 2940. The van der Waals surface area contributed by atoms with E-state index in [1.807, 2.05) is 30.3 Å². The number of benzene rings is 1. The second-order valence-electron chi connectivity index (χ2n) is 27.3. The minimum absolute atomic E-state index is 0.00715. The first-order chi connectivity index (χ1) is 54.1. The van der Waals surface area contributed by atoms with E-state index in [1.165, 1.54) is 0 Å². The second kappa shape index (κ2) is 46.5. The molecule has 4 aromatic rings. The van der Waals surface area contributed by atoms with Gasteiger partial charge < -0.3 is 153 Å². The number of amides is 1. The van der Waals surface area contributed by atoms with Gasteiger partial charge in [0.05, 0.1) is 268 Å². The van der Waals surface area contributed by atoms with E-state index in [4.69, 9.17) is 126 Å². The minimum Gasteiger partial charge on any atom is -0.388 e. The highest BCUT2D eigenvalue weighted by Gasteiger charge is 2.62. The third-order valence-corrected chi connectivity index (χ3v) is 18.5. The van der Waals surface area contributed by atoms with Crippen LogP contribution in [0.15, 0.2) is 48.9 Å². The van der Waals surface area contributed by atoms with Crippen molar-refractivity contribution in [2.75, 3.05) is 198 Å². The molecule has 0 spiro atoms. The molecule has 0 unspecified atom stereocenters. The molecule has 43 heteroatoms. The maximum Gasteiger partial charge on any atom is 0.256 e. The van der Waals surface area contributed by atoms with Crippen LogP contribution >= 0.6 is 0 Å². The van der Waals surface area contributed by atoms with Crippen LogP contribution in [0.2, 0.25) is 0 Å². The van der Waals surface area contributed by atoms with E-state index in [1.54, 1.807) is 32.6 Å². The molecule has 6 fully saturated rings. The predicted molar refractivity (Wildman–Crippen MR) is 372 cm³/mol. The van der Waals surface area contributed by atoms with Crippen LogP contribution in [0.5, 0.6) is 0 Å². The first-order valence-corrected chi connectivity index (χ1v) is 37.3. The first kappa shape index (κ1) is 88.2. The molecule has 1 aromatic carbocycles. The average molecular weight is 1590 g/mol. The van der Waals surface area contributed by atoms with E-state index in [-0.39, 0.29) is 125 Å². The highest BCUT2D eigenvalue weighted by molar-refractivity contribution is 5.76. The van der Waals surface area contributed by atoms with Crippen LogP contribution in [-0.2, 0) is 160 Å². The smallest absolute Gasteiger partial charge is 0.256 e. The zero-order chi connectivity index (χ0) is 78.0. The van der Waals surface area contributed by atoms with Crippen LogP contribution in [0.25, 0.3) is 0 Å². The van der Waals surface area contributed by atoms with Gasteiger partial charge in [0.15, 0.2) is 12.6 Å². The van der Waals surface area contributed by atoms with E-state index in [0.717, 1.165) is 5.56 Å². The van der Waals surface area contributed by atoms with Crippen LogP contribution in [-0.4, -0.2) is 376 Å². The SMILES string of the molecule is N[C@H]1[C@H]2OC[C@](COCCOCCOCCOCCn3cc(COCC(COCc4cn(CCOCCOCCOCCOC[C@@]56CO[C@@H](O5)[C@H](N)[C@@H](O)[C@H]6O)nn4)(COCc4cn(CCOCCOCCOCCOC[C@@]56OO[C@@H](O5)[C@H](N)[C@@H](O)[C@H]6O)nn4)NC(=O)CCCOCc4ccccc4)nn3)(O2)[C@H](O)[C@@H]1O. The zero-order valence-electron chi connectivity index (χ0n) is 62.4. The summed E-state index contributed by atoms with van der Waals surface area (Å²) in [7, 11) is 0. The molecule has 10 rings (SSSR count). The molecule has 43 nitrogen and oxygen atoms in total.